The van der Waals surface area contributed by atoms with E-state index in [1.54, 1.807) is 24.3 Å². The summed E-state index contributed by atoms with van der Waals surface area (Å²) in [6.07, 6.45) is 0.861. The molecule has 2 heterocycles. The normalized spacial score (nSPS) is 16.7. The topological polar surface area (TPSA) is 51.0 Å². The van der Waals surface area contributed by atoms with Gasteiger partial charge in [-0.15, -0.1) is 11.3 Å². The monoisotopic (exact) mass is 419 g/mol. The van der Waals surface area contributed by atoms with E-state index in [-0.39, 0.29) is 5.82 Å². The lowest BCUT2D eigenvalue weighted by atomic mass is 10.3. The Morgan fingerprint density at radius 3 is 2.46 bits per heavy atom. The van der Waals surface area contributed by atoms with Crippen molar-refractivity contribution in [1.29, 1.82) is 0 Å². The van der Waals surface area contributed by atoms with Crippen molar-refractivity contribution >= 4 is 33.0 Å². The minimum absolute atomic E-state index is 0.278. The molecule has 0 spiro atoms. The van der Waals surface area contributed by atoms with Gasteiger partial charge >= 0.3 is 0 Å². The smallest absolute Gasteiger partial charge is 0.253 e. The van der Waals surface area contributed by atoms with Gasteiger partial charge in [-0.05, 0) is 36.4 Å². The van der Waals surface area contributed by atoms with Gasteiger partial charge in [0.1, 0.15) is 15.8 Å². The zero-order chi connectivity index (χ0) is 18.6. The number of sulfonamides is 1. The van der Waals surface area contributed by atoms with Crippen LogP contribution in [-0.4, -0.2) is 52.1 Å². The van der Waals surface area contributed by atoms with E-state index in [2.05, 4.69) is 0 Å². The third-order valence-electron chi connectivity index (χ3n) is 4.33. The van der Waals surface area contributed by atoms with Gasteiger partial charge in [0.25, 0.3) is 10.0 Å². The molecule has 1 aromatic heterocycles. The third kappa shape index (κ3) is 4.95. The van der Waals surface area contributed by atoms with E-state index in [0.717, 1.165) is 37.4 Å². The minimum Gasteiger partial charge on any atom is -0.493 e. The van der Waals surface area contributed by atoms with E-state index >= 15 is 0 Å². The molecule has 9 heteroatoms. The molecule has 0 atom stereocenters. The zero-order valence-corrected chi connectivity index (χ0v) is 16.5. The summed E-state index contributed by atoms with van der Waals surface area (Å²) in [7, 11) is -3.43. The van der Waals surface area contributed by atoms with Crippen molar-refractivity contribution in [2.24, 2.45) is 0 Å². The molecule has 0 aliphatic carbocycles. The molecule has 0 radical (unpaired) electrons. The quantitative estimate of drug-likeness (QED) is 0.697. The van der Waals surface area contributed by atoms with Crippen molar-refractivity contribution in [2.45, 2.75) is 10.6 Å². The second-order valence-electron chi connectivity index (χ2n) is 6.12. The third-order valence-corrected chi connectivity index (χ3v) is 7.93. The fourth-order valence-electron chi connectivity index (χ4n) is 2.90. The molecule has 3 rings (SSSR count). The van der Waals surface area contributed by atoms with Crippen LogP contribution >= 0.6 is 22.9 Å². The van der Waals surface area contributed by atoms with Gasteiger partial charge in [-0.1, -0.05) is 11.6 Å². The molecule has 142 valence electrons. The van der Waals surface area contributed by atoms with Gasteiger partial charge in [-0.25, -0.2) is 12.8 Å². The number of piperazine rings is 1. The van der Waals surface area contributed by atoms with E-state index in [4.69, 9.17) is 16.3 Å². The fourth-order valence-corrected chi connectivity index (χ4v) is 5.98. The largest absolute Gasteiger partial charge is 0.493 e. The Morgan fingerprint density at radius 2 is 1.85 bits per heavy atom. The number of nitrogens with zero attached hydrogens (tertiary/aromatic N) is 1. The Bertz CT molecular complexity index is 819. The molecular formula is C17H21ClFN2O3S2+. The van der Waals surface area contributed by atoms with Crippen molar-refractivity contribution in [3.63, 3.8) is 0 Å². The first kappa shape index (κ1) is 19.6. The molecule has 1 fully saturated rings. The number of halogens is 2. The van der Waals surface area contributed by atoms with Gasteiger partial charge in [0.2, 0.25) is 0 Å². The number of nitrogens with one attached hydrogen (secondary N) is 1. The number of hydrogen-bond donors (Lipinski definition) is 1. The van der Waals surface area contributed by atoms with Gasteiger partial charge in [-0.2, -0.15) is 4.31 Å². The summed E-state index contributed by atoms with van der Waals surface area (Å²) in [5.74, 6) is 0.381. The lowest BCUT2D eigenvalue weighted by Gasteiger charge is -2.31. The lowest BCUT2D eigenvalue weighted by molar-refractivity contribution is -0.903. The molecule has 2 aromatic rings. The average Bonchev–Trinajstić information content (AvgIpc) is 3.08. The Balaban J connectivity index is 1.40. The van der Waals surface area contributed by atoms with E-state index in [1.807, 2.05) is 0 Å². The minimum atomic E-state index is -3.43. The maximum atomic E-state index is 12.8. The van der Waals surface area contributed by atoms with Crippen LogP contribution in [0.5, 0.6) is 5.75 Å². The molecule has 0 amide bonds. The summed E-state index contributed by atoms with van der Waals surface area (Å²) in [4.78, 5) is 1.36. The van der Waals surface area contributed by atoms with Crippen molar-refractivity contribution in [1.82, 2.24) is 4.31 Å². The summed E-state index contributed by atoms with van der Waals surface area (Å²) >= 11 is 6.95. The van der Waals surface area contributed by atoms with Crippen LogP contribution in [0.25, 0.3) is 0 Å². The van der Waals surface area contributed by atoms with Gasteiger partial charge in [0.15, 0.2) is 0 Å². The highest BCUT2D eigenvalue weighted by molar-refractivity contribution is 7.91. The highest BCUT2D eigenvalue weighted by atomic mass is 35.5. The average molecular weight is 420 g/mol. The first-order valence-corrected chi connectivity index (χ1v) is 11.1. The van der Waals surface area contributed by atoms with Crippen molar-refractivity contribution in [2.75, 3.05) is 39.3 Å². The zero-order valence-electron chi connectivity index (χ0n) is 14.2. The van der Waals surface area contributed by atoms with Crippen LogP contribution in [0.1, 0.15) is 6.42 Å². The molecule has 1 N–H and O–H groups in total. The Labute approximate surface area is 162 Å². The van der Waals surface area contributed by atoms with E-state index in [0.29, 0.717) is 34.0 Å². The SMILES string of the molecule is O=S(=O)(c1ccc(Cl)s1)N1CC[NH+](CCCOc2ccc(F)cc2)CC1. The second kappa shape index (κ2) is 8.67. The first-order chi connectivity index (χ1) is 12.4. The number of rotatable bonds is 7. The van der Waals surface area contributed by atoms with Gasteiger partial charge in [-0.3, -0.25) is 0 Å². The van der Waals surface area contributed by atoms with Crippen molar-refractivity contribution < 1.29 is 22.4 Å². The predicted octanol–water partition coefficient (Wildman–Crippen LogP) is 1.90. The molecule has 5 nitrogen and oxygen atoms in total. The van der Waals surface area contributed by atoms with Crippen molar-refractivity contribution in [3.05, 3.63) is 46.6 Å². The molecule has 1 aliphatic rings. The first-order valence-electron chi connectivity index (χ1n) is 8.42. The molecule has 1 saturated heterocycles. The summed E-state index contributed by atoms with van der Waals surface area (Å²) in [5, 5.41) is 0. The molecular weight excluding hydrogens is 399 g/mol. The second-order valence-corrected chi connectivity index (χ2v) is 10.00. The molecule has 1 aliphatic heterocycles. The highest BCUT2D eigenvalue weighted by Gasteiger charge is 2.31. The summed E-state index contributed by atoms with van der Waals surface area (Å²) in [6, 6.07) is 9.16. The molecule has 0 bridgehead atoms. The number of benzene rings is 1. The van der Waals surface area contributed by atoms with Gasteiger partial charge in [0.05, 0.1) is 43.7 Å². The predicted molar refractivity (Wildman–Crippen MR) is 100 cm³/mol. The number of thiophene rings is 1. The van der Waals surface area contributed by atoms with Crippen LogP contribution in [0.15, 0.2) is 40.6 Å². The molecule has 0 saturated carbocycles. The van der Waals surface area contributed by atoms with Crippen LogP contribution in [0.2, 0.25) is 4.34 Å². The Morgan fingerprint density at radius 1 is 1.15 bits per heavy atom. The summed E-state index contributed by atoms with van der Waals surface area (Å²) in [6.45, 7) is 4.03. The molecule has 26 heavy (non-hydrogen) atoms. The van der Waals surface area contributed by atoms with Crippen LogP contribution in [0, 0.1) is 5.82 Å². The number of hydrogen-bond acceptors (Lipinski definition) is 4. The van der Waals surface area contributed by atoms with E-state index in [9.17, 15) is 12.8 Å². The van der Waals surface area contributed by atoms with E-state index < -0.39 is 10.0 Å². The standard InChI is InChI=1S/C17H20ClFN2O3S2/c18-16-6-7-17(25-16)26(22,23)21-11-9-20(10-12-21)8-1-13-24-15-4-2-14(19)3-5-15/h2-7H,1,8-13H2/p+1. The van der Waals surface area contributed by atoms with Gasteiger partial charge < -0.3 is 9.64 Å². The maximum absolute atomic E-state index is 12.8. The summed E-state index contributed by atoms with van der Waals surface area (Å²) < 4.78 is 45.9. The van der Waals surface area contributed by atoms with Crippen LogP contribution in [0.3, 0.4) is 0 Å². The Hall–Kier alpha value is -1.19. The molecule has 0 unspecified atom stereocenters. The van der Waals surface area contributed by atoms with E-state index in [1.165, 1.54) is 21.3 Å². The van der Waals surface area contributed by atoms with Gasteiger partial charge in [0, 0.05) is 6.42 Å². The van der Waals surface area contributed by atoms with Crippen LogP contribution in [-0.2, 0) is 10.0 Å². The Kier molecular flexibility index (Phi) is 6.52. The highest BCUT2D eigenvalue weighted by Crippen LogP contribution is 2.28. The number of ether oxygens (including phenoxy) is 1. The van der Waals surface area contributed by atoms with Crippen LogP contribution < -0.4 is 9.64 Å². The van der Waals surface area contributed by atoms with Crippen LogP contribution in [0.4, 0.5) is 4.39 Å². The molecule has 1 aromatic carbocycles. The maximum Gasteiger partial charge on any atom is 0.253 e. The fraction of sp³-hybridized carbons (Fsp3) is 0.412. The van der Waals surface area contributed by atoms with Crippen molar-refractivity contribution in [3.8, 4) is 5.75 Å². The lowest BCUT2D eigenvalue weighted by Crippen LogP contribution is -3.14. The summed E-state index contributed by atoms with van der Waals surface area (Å²) in [5.41, 5.74) is 0. The number of quaternary nitrogens is 1.